The van der Waals surface area contributed by atoms with Gasteiger partial charge in [-0.1, -0.05) is 31.2 Å². The molecule has 2 N–H and O–H groups in total. The van der Waals surface area contributed by atoms with E-state index >= 15 is 0 Å². The normalized spacial score (nSPS) is 14.9. The van der Waals surface area contributed by atoms with E-state index in [1.165, 1.54) is 18.2 Å². The van der Waals surface area contributed by atoms with Gasteiger partial charge in [0.25, 0.3) is 15.9 Å². The first-order valence-corrected chi connectivity index (χ1v) is 14.3. The van der Waals surface area contributed by atoms with Crippen LogP contribution < -0.4 is 14.8 Å². The second kappa shape index (κ2) is 9.75. The minimum atomic E-state index is -4.11. The Morgan fingerprint density at radius 1 is 0.946 bits per heavy atom. The van der Waals surface area contributed by atoms with Crippen molar-refractivity contribution in [3.05, 3.63) is 83.9 Å². The number of rotatable bonds is 3. The highest BCUT2D eigenvalue weighted by Crippen LogP contribution is 2.34. The lowest BCUT2D eigenvalue weighted by Gasteiger charge is -2.17. The topological polar surface area (TPSA) is 127 Å². The fourth-order valence-corrected chi connectivity index (χ4v) is 5.40. The van der Waals surface area contributed by atoms with Crippen LogP contribution in [0.2, 0.25) is 0 Å². The number of sulfonamides is 1. The lowest BCUT2D eigenvalue weighted by molar-refractivity contribution is 0.102. The summed E-state index contributed by atoms with van der Waals surface area (Å²) < 4.78 is 46.9. The van der Waals surface area contributed by atoms with Gasteiger partial charge in [0.05, 0.1) is 10.6 Å². The Hall–Kier alpha value is -4.09. The number of carbonyl (C=O) groups is 1. The number of amides is 1. The van der Waals surface area contributed by atoms with Crippen molar-refractivity contribution >= 4 is 38.4 Å². The van der Waals surface area contributed by atoms with Gasteiger partial charge in [0.15, 0.2) is 0 Å². The molecule has 3 aromatic carbocycles. The maximum absolute atomic E-state index is 13.2. The molecule has 4 aromatic rings. The number of hydrogen-bond acceptors (Lipinski definition) is 7. The quantitative estimate of drug-likeness (QED) is 0.393. The van der Waals surface area contributed by atoms with Crippen LogP contribution >= 0.6 is 0 Å². The van der Waals surface area contributed by atoms with Crippen LogP contribution in [0.15, 0.2) is 82.6 Å². The average Bonchev–Trinajstić information content (AvgIpc) is 2.88. The first-order chi connectivity index (χ1) is 17.7. The molecule has 1 amide bonds. The summed E-state index contributed by atoms with van der Waals surface area (Å²) in [5.74, 6) is -0.0914. The molecule has 1 aliphatic heterocycles. The molecular formula is C26H22N4O5S2. The lowest BCUT2D eigenvalue weighted by atomic mass is 10.0. The molecule has 0 saturated heterocycles. The van der Waals surface area contributed by atoms with Gasteiger partial charge in [-0.05, 0) is 55.0 Å². The predicted molar refractivity (Wildman–Crippen MR) is 141 cm³/mol. The third-order valence-corrected chi connectivity index (χ3v) is 7.98. The molecule has 1 atom stereocenters. The molecule has 37 heavy (non-hydrogen) atoms. The third kappa shape index (κ3) is 5.09. The van der Waals surface area contributed by atoms with Crippen molar-refractivity contribution in [2.75, 3.05) is 16.3 Å². The van der Waals surface area contributed by atoms with Crippen molar-refractivity contribution in [3.63, 3.8) is 0 Å². The summed E-state index contributed by atoms with van der Waals surface area (Å²) in [5.41, 5.74) is 2.42. The second-order valence-electron chi connectivity index (χ2n) is 8.23. The van der Waals surface area contributed by atoms with E-state index in [-0.39, 0.29) is 16.7 Å². The second-order valence-corrected chi connectivity index (χ2v) is 11.3. The Balaban J connectivity index is 1.73. The molecule has 9 nitrogen and oxygen atoms in total. The zero-order valence-corrected chi connectivity index (χ0v) is 21.5. The molecule has 0 saturated carbocycles. The maximum atomic E-state index is 13.2. The van der Waals surface area contributed by atoms with Crippen molar-refractivity contribution in [2.24, 2.45) is 0 Å². The average molecular weight is 535 g/mol. The van der Waals surface area contributed by atoms with Crippen LogP contribution in [-0.2, 0) is 27.2 Å². The summed E-state index contributed by atoms with van der Waals surface area (Å²) in [7, 11) is -5.26. The van der Waals surface area contributed by atoms with E-state index in [1.54, 1.807) is 60.9 Å². The number of aromatic nitrogens is 2. The van der Waals surface area contributed by atoms with Crippen molar-refractivity contribution < 1.29 is 22.2 Å². The maximum Gasteiger partial charge on any atom is 0.264 e. The standard InChI is InChI=1S/C26H22N4O5S2/c1-3-22-23(16-10-12-20(13-11-16)36(2)32)28-26-29-25(22)35-19-8-4-6-17(14-19)24(31)27-18-7-5-9-21(15-18)37(33,34)30-26/h4-15H,3H2,1-2H3,(H,27,31)(H,28,29,30). The van der Waals surface area contributed by atoms with Crippen molar-refractivity contribution in [3.8, 4) is 22.9 Å². The van der Waals surface area contributed by atoms with Gasteiger partial charge in [0, 0.05) is 44.3 Å². The van der Waals surface area contributed by atoms with Crippen LogP contribution in [0.4, 0.5) is 11.6 Å². The van der Waals surface area contributed by atoms with Gasteiger partial charge in [-0.25, -0.2) is 18.1 Å². The number of hydrogen-bond donors (Lipinski definition) is 2. The van der Waals surface area contributed by atoms with E-state index in [4.69, 9.17) is 4.74 Å². The summed E-state index contributed by atoms with van der Waals surface area (Å²) in [6.45, 7) is 1.90. The molecule has 0 aliphatic carbocycles. The van der Waals surface area contributed by atoms with Crippen LogP contribution in [0.1, 0.15) is 22.8 Å². The van der Waals surface area contributed by atoms with Crippen molar-refractivity contribution in [1.29, 1.82) is 0 Å². The van der Waals surface area contributed by atoms with Crippen LogP contribution in [0.5, 0.6) is 11.6 Å². The van der Waals surface area contributed by atoms with Crippen LogP contribution in [0.3, 0.4) is 0 Å². The molecule has 0 spiro atoms. The highest BCUT2D eigenvalue weighted by Gasteiger charge is 2.23. The van der Waals surface area contributed by atoms with Gasteiger partial charge < -0.3 is 10.1 Å². The van der Waals surface area contributed by atoms with Gasteiger partial charge in [0.1, 0.15) is 5.75 Å². The third-order valence-electron chi connectivity index (χ3n) is 5.72. The first-order valence-electron chi connectivity index (χ1n) is 11.3. The summed E-state index contributed by atoms with van der Waals surface area (Å²) in [6, 6.07) is 19.5. The van der Waals surface area contributed by atoms with Crippen LogP contribution in [0, 0.1) is 0 Å². The van der Waals surface area contributed by atoms with E-state index in [0.29, 0.717) is 45.1 Å². The molecule has 1 unspecified atom stereocenters. The lowest BCUT2D eigenvalue weighted by Crippen LogP contribution is -2.18. The number of fused-ring (bicyclic) bond motifs is 6. The fourth-order valence-electron chi connectivity index (χ4n) is 3.89. The molecular weight excluding hydrogens is 512 g/mol. The van der Waals surface area contributed by atoms with Gasteiger partial charge >= 0.3 is 0 Å². The van der Waals surface area contributed by atoms with E-state index in [9.17, 15) is 17.4 Å². The van der Waals surface area contributed by atoms with Crippen molar-refractivity contribution in [1.82, 2.24) is 9.97 Å². The number of anilines is 2. The van der Waals surface area contributed by atoms with E-state index in [2.05, 4.69) is 20.0 Å². The molecule has 1 aromatic heterocycles. The van der Waals surface area contributed by atoms with Gasteiger partial charge in [0.2, 0.25) is 11.8 Å². The zero-order chi connectivity index (χ0) is 26.2. The van der Waals surface area contributed by atoms with E-state index < -0.39 is 26.7 Å². The summed E-state index contributed by atoms with van der Waals surface area (Å²) in [4.78, 5) is 22.4. The van der Waals surface area contributed by atoms with Gasteiger partial charge in [-0.15, -0.1) is 0 Å². The Labute approximate surface area is 216 Å². The summed E-state index contributed by atoms with van der Waals surface area (Å²) in [5, 5.41) is 2.72. The zero-order valence-electron chi connectivity index (χ0n) is 19.9. The minimum Gasteiger partial charge on any atom is -0.439 e. The van der Waals surface area contributed by atoms with Gasteiger partial charge in [-0.2, -0.15) is 4.98 Å². The molecule has 1 aliphatic rings. The summed E-state index contributed by atoms with van der Waals surface area (Å²) >= 11 is 0. The van der Waals surface area contributed by atoms with Crippen LogP contribution in [0.25, 0.3) is 11.3 Å². The Kier molecular flexibility index (Phi) is 6.48. The number of carbonyl (C=O) groups excluding carboxylic acids is 1. The molecule has 0 fully saturated rings. The molecule has 2 heterocycles. The SMILES string of the molecule is CCc1c2nc(nc1-c1ccc(S(C)=O)cc1)NS(=O)(=O)c1cccc(c1)NC(=O)c1cccc(c1)O2. The Bertz CT molecular complexity index is 1650. The number of ether oxygens (including phenoxy) is 1. The van der Waals surface area contributed by atoms with E-state index in [1.807, 2.05) is 6.92 Å². The van der Waals surface area contributed by atoms with Crippen molar-refractivity contribution in [2.45, 2.75) is 23.1 Å². The Morgan fingerprint density at radius 2 is 1.70 bits per heavy atom. The minimum absolute atomic E-state index is 0.0712. The summed E-state index contributed by atoms with van der Waals surface area (Å²) in [6.07, 6.45) is 2.07. The molecule has 11 heteroatoms. The molecule has 0 radical (unpaired) electrons. The van der Waals surface area contributed by atoms with Gasteiger partial charge in [-0.3, -0.25) is 9.00 Å². The smallest absolute Gasteiger partial charge is 0.264 e. The largest absolute Gasteiger partial charge is 0.439 e. The number of nitrogens with one attached hydrogen (secondary N) is 2. The van der Waals surface area contributed by atoms with E-state index in [0.717, 1.165) is 0 Å². The highest BCUT2D eigenvalue weighted by molar-refractivity contribution is 7.92. The molecule has 6 bridgehead atoms. The monoisotopic (exact) mass is 534 g/mol. The number of nitrogens with zero attached hydrogens (tertiary/aromatic N) is 2. The molecule has 188 valence electrons. The fraction of sp³-hybridized carbons (Fsp3) is 0.115. The predicted octanol–water partition coefficient (Wildman–Crippen LogP) is 4.60. The Morgan fingerprint density at radius 3 is 2.43 bits per heavy atom. The first kappa shape index (κ1) is 24.6. The highest BCUT2D eigenvalue weighted by atomic mass is 32.2. The molecule has 5 rings (SSSR count). The number of benzene rings is 3. The van der Waals surface area contributed by atoms with Crippen LogP contribution in [-0.4, -0.2) is 34.8 Å².